The maximum Gasteiger partial charge on any atom is 0.269 e. The summed E-state index contributed by atoms with van der Waals surface area (Å²) in [5.41, 5.74) is 0.509. The Hall–Kier alpha value is -2.56. The van der Waals surface area contributed by atoms with E-state index in [0.29, 0.717) is 34.3 Å². The Labute approximate surface area is 187 Å². The molecular weight excluding hydrogens is 442 g/mol. The Kier molecular flexibility index (Phi) is 7.72. The number of unbranched alkanes of at least 4 members (excludes halogenated alkanes) is 2. The number of benzene rings is 1. The molecule has 0 saturated carbocycles. The van der Waals surface area contributed by atoms with Crippen molar-refractivity contribution in [3.05, 3.63) is 61.7 Å². The van der Waals surface area contributed by atoms with Crippen molar-refractivity contribution in [3.63, 3.8) is 0 Å². The van der Waals surface area contributed by atoms with Crippen molar-refractivity contribution in [2.75, 3.05) is 11.9 Å². The third kappa shape index (κ3) is 5.97. The van der Waals surface area contributed by atoms with Crippen LogP contribution >= 0.6 is 35.3 Å². The molecule has 0 spiro atoms. The number of carbonyl (C=O) groups is 2. The summed E-state index contributed by atoms with van der Waals surface area (Å²) in [7, 11) is 0. The van der Waals surface area contributed by atoms with E-state index in [1.165, 1.54) is 36.0 Å². The van der Waals surface area contributed by atoms with Crippen LogP contribution in [0.5, 0.6) is 0 Å². The molecule has 1 aromatic carbocycles. The smallest absolute Gasteiger partial charge is 0.269 e. The second kappa shape index (κ2) is 10.5. The highest BCUT2D eigenvalue weighted by atomic mass is 32.2. The maximum atomic E-state index is 12.5. The van der Waals surface area contributed by atoms with Crippen LogP contribution in [-0.4, -0.2) is 32.5 Å². The van der Waals surface area contributed by atoms with E-state index in [1.807, 2.05) is 23.6 Å². The predicted molar refractivity (Wildman–Crippen MR) is 124 cm³/mol. The summed E-state index contributed by atoms with van der Waals surface area (Å²) in [5.74, 6) is -0.206. The van der Waals surface area contributed by atoms with E-state index in [-0.39, 0.29) is 17.5 Å². The van der Waals surface area contributed by atoms with Gasteiger partial charge in [0.05, 0.1) is 9.83 Å². The van der Waals surface area contributed by atoms with Crippen molar-refractivity contribution in [2.24, 2.45) is 0 Å². The van der Waals surface area contributed by atoms with Crippen LogP contribution < -0.4 is 5.32 Å². The van der Waals surface area contributed by atoms with Crippen molar-refractivity contribution in [1.82, 2.24) is 4.90 Å². The maximum absolute atomic E-state index is 12.5. The molecule has 2 aromatic rings. The van der Waals surface area contributed by atoms with Gasteiger partial charge in [0.2, 0.25) is 5.91 Å². The zero-order valence-corrected chi connectivity index (χ0v) is 18.4. The standard InChI is InChI=1S/C20H19N3O4S3/c24-18(21-14-7-9-15(10-8-14)23(26)27)6-2-1-3-11-22-19(25)17(30-20(22)28)13-16-5-4-12-29-16/h4-5,7-10,12-13H,1-3,6,11H2,(H,21,24). The van der Waals surface area contributed by atoms with Gasteiger partial charge in [-0.1, -0.05) is 36.5 Å². The minimum Gasteiger partial charge on any atom is -0.326 e. The number of thiocarbonyl (C=S) groups is 1. The summed E-state index contributed by atoms with van der Waals surface area (Å²) in [6.45, 7) is 0.538. The van der Waals surface area contributed by atoms with E-state index in [0.717, 1.165) is 17.7 Å². The fourth-order valence-corrected chi connectivity index (χ4v) is 4.85. The van der Waals surface area contributed by atoms with Gasteiger partial charge in [0.25, 0.3) is 11.6 Å². The van der Waals surface area contributed by atoms with E-state index in [9.17, 15) is 19.7 Å². The first-order valence-corrected chi connectivity index (χ1v) is 11.4. The molecule has 1 aliphatic rings. The number of non-ortho nitro benzene ring substituents is 1. The van der Waals surface area contributed by atoms with E-state index < -0.39 is 4.92 Å². The molecule has 0 bridgehead atoms. The summed E-state index contributed by atoms with van der Waals surface area (Å²) in [6, 6.07) is 9.62. The molecule has 0 aliphatic carbocycles. The van der Waals surface area contributed by atoms with Crippen molar-refractivity contribution >= 4 is 68.9 Å². The lowest BCUT2D eigenvalue weighted by molar-refractivity contribution is -0.384. The van der Waals surface area contributed by atoms with E-state index >= 15 is 0 Å². The second-order valence-corrected chi connectivity index (χ2v) is 9.17. The van der Waals surface area contributed by atoms with E-state index in [2.05, 4.69) is 5.32 Å². The van der Waals surface area contributed by atoms with Gasteiger partial charge in [-0.3, -0.25) is 24.6 Å². The van der Waals surface area contributed by atoms with Crippen LogP contribution in [0.2, 0.25) is 0 Å². The quantitative estimate of drug-likeness (QED) is 0.185. The Morgan fingerprint density at radius 2 is 1.97 bits per heavy atom. The van der Waals surface area contributed by atoms with Gasteiger partial charge in [-0.25, -0.2) is 0 Å². The normalized spacial score (nSPS) is 15.1. The summed E-state index contributed by atoms with van der Waals surface area (Å²) < 4.78 is 0.568. The number of rotatable bonds is 9. The van der Waals surface area contributed by atoms with Crippen LogP contribution in [-0.2, 0) is 9.59 Å². The van der Waals surface area contributed by atoms with E-state index in [1.54, 1.807) is 16.2 Å². The highest BCUT2D eigenvalue weighted by Gasteiger charge is 2.31. The zero-order chi connectivity index (χ0) is 21.5. The molecule has 3 rings (SSSR count). The Morgan fingerprint density at radius 3 is 2.63 bits per heavy atom. The molecule has 1 fully saturated rings. The van der Waals surface area contributed by atoms with Gasteiger partial charge in [0, 0.05) is 35.7 Å². The van der Waals surface area contributed by atoms with Gasteiger partial charge in [-0.2, -0.15) is 0 Å². The average Bonchev–Trinajstić information content (AvgIpc) is 3.31. The molecule has 1 aromatic heterocycles. The van der Waals surface area contributed by atoms with Gasteiger partial charge < -0.3 is 5.32 Å². The van der Waals surface area contributed by atoms with Gasteiger partial charge in [-0.15, -0.1) is 11.3 Å². The van der Waals surface area contributed by atoms with E-state index in [4.69, 9.17) is 12.2 Å². The Morgan fingerprint density at radius 1 is 1.20 bits per heavy atom. The second-order valence-electron chi connectivity index (χ2n) is 6.51. The molecule has 10 heteroatoms. The molecular formula is C20H19N3O4S3. The van der Waals surface area contributed by atoms with Crippen molar-refractivity contribution in [1.29, 1.82) is 0 Å². The highest BCUT2D eigenvalue weighted by molar-refractivity contribution is 8.26. The number of thiophene rings is 1. The fraction of sp³-hybridized carbons (Fsp3) is 0.250. The predicted octanol–water partition coefficient (Wildman–Crippen LogP) is 5.06. The number of thioether (sulfide) groups is 1. The zero-order valence-electron chi connectivity index (χ0n) is 15.9. The number of hydrogen-bond donors (Lipinski definition) is 1. The average molecular weight is 462 g/mol. The summed E-state index contributed by atoms with van der Waals surface area (Å²) in [4.78, 5) is 38.0. The molecule has 1 N–H and O–H groups in total. The fourth-order valence-electron chi connectivity index (χ4n) is 2.82. The van der Waals surface area contributed by atoms with Gasteiger partial charge >= 0.3 is 0 Å². The third-order valence-corrected chi connectivity index (χ3v) is 6.53. The summed E-state index contributed by atoms with van der Waals surface area (Å²) >= 11 is 8.23. The molecule has 1 saturated heterocycles. The SMILES string of the molecule is O=C(CCCCCN1C(=O)C(=Cc2cccs2)SC1=S)Nc1ccc([N+](=O)[O-])cc1. The monoisotopic (exact) mass is 461 g/mol. The van der Waals surface area contributed by atoms with Crippen molar-refractivity contribution < 1.29 is 14.5 Å². The van der Waals surface area contributed by atoms with Crippen LogP contribution in [0, 0.1) is 10.1 Å². The Bertz CT molecular complexity index is 972. The molecule has 0 atom stereocenters. The number of nitro benzene ring substituents is 1. The minimum absolute atomic E-state index is 0.0195. The molecule has 2 amide bonds. The van der Waals surface area contributed by atoms with Crippen LogP contribution in [0.15, 0.2) is 46.7 Å². The molecule has 0 unspecified atom stereocenters. The molecule has 0 radical (unpaired) electrons. The summed E-state index contributed by atoms with van der Waals surface area (Å²) in [6.07, 6.45) is 4.43. The number of anilines is 1. The summed E-state index contributed by atoms with van der Waals surface area (Å²) in [5, 5.41) is 15.3. The van der Waals surface area contributed by atoms with Crippen LogP contribution in [0.4, 0.5) is 11.4 Å². The lowest BCUT2D eigenvalue weighted by atomic mass is 10.1. The lowest BCUT2D eigenvalue weighted by Gasteiger charge is -2.14. The number of amides is 2. The number of hydrogen-bond acceptors (Lipinski definition) is 7. The molecule has 1 aliphatic heterocycles. The number of nitrogens with zero attached hydrogens (tertiary/aromatic N) is 2. The third-order valence-electron chi connectivity index (χ3n) is 4.34. The topological polar surface area (TPSA) is 92.6 Å². The van der Waals surface area contributed by atoms with Crippen LogP contribution in [0.3, 0.4) is 0 Å². The van der Waals surface area contributed by atoms with Gasteiger partial charge in [0.1, 0.15) is 4.32 Å². The first-order valence-electron chi connectivity index (χ1n) is 9.27. The van der Waals surface area contributed by atoms with Crippen molar-refractivity contribution in [2.45, 2.75) is 25.7 Å². The van der Waals surface area contributed by atoms with Crippen molar-refractivity contribution in [3.8, 4) is 0 Å². The van der Waals surface area contributed by atoms with Gasteiger partial charge in [-0.05, 0) is 42.5 Å². The number of nitrogens with one attached hydrogen (secondary N) is 1. The molecule has 7 nitrogen and oxygen atoms in total. The number of carbonyl (C=O) groups excluding carboxylic acids is 2. The Balaban J connectivity index is 1.37. The first-order chi connectivity index (χ1) is 14.4. The lowest BCUT2D eigenvalue weighted by Crippen LogP contribution is -2.29. The van der Waals surface area contributed by atoms with Crippen LogP contribution in [0.25, 0.3) is 6.08 Å². The minimum atomic E-state index is -0.484. The molecule has 2 heterocycles. The van der Waals surface area contributed by atoms with Gasteiger partial charge in [0.15, 0.2) is 0 Å². The molecule has 156 valence electrons. The number of nitro groups is 1. The van der Waals surface area contributed by atoms with Crippen LogP contribution in [0.1, 0.15) is 30.6 Å². The molecule has 30 heavy (non-hydrogen) atoms. The largest absolute Gasteiger partial charge is 0.326 e. The highest BCUT2D eigenvalue weighted by Crippen LogP contribution is 2.33. The first kappa shape index (κ1) is 22.1.